The van der Waals surface area contributed by atoms with Crippen molar-refractivity contribution in [3.63, 3.8) is 0 Å². The number of ketones is 4. The number of rotatable bonds is 60. The van der Waals surface area contributed by atoms with Crippen molar-refractivity contribution < 1.29 is 164 Å². The average Bonchev–Trinajstić information content (AvgIpc) is 0.868. The Morgan fingerprint density at radius 3 is 1.14 bits per heavy atom. The summed E-state index contributed by atoms with van der Waals surface area (Å²) < 4.78 is 23.9. The van der Waals surface area contributed by atoms with Crippen molar-refractivity contribution in [3.05, 3.63) is 35.4 Å². The molecule has 2 rings (SSSR count). The monoisotopic (exact) mass is 2100 g/mol. The molecule has 4 amide bonds. The van der Waals surface area contributed by atoms with Gasteiger partial charge in [-0.1, -0.05) is 78.6 Å². The predicted octanol–water partition coefficient (Wildman–Crippen LogP) is -8.84. The normalized spacial score (nSPS) is 15.3. The first kappa shape index (κ1) is 162. The average molecular weight is 2100 g/mol. The number of carbonyl (C=O) groups is 10. The number of amides is 4. The van der Waals surface area contributed by atoms with Gasteiger partial charge in [0.2, 0.25) is 23.6 Å². The summed E-state index contributed by atoms with van der Waals surface area (Å²) in [6.45, 7) is 19.9. The first-order valence-corrected chi connectivity index (χ1v) is 45.0. The molecule has 1 fully saturated rings. The largest absolute Gasteiger partial charge is 0.481 e. The number of nitrogens with zero attached hydrogens (tertiary/aromatic N) is 4. The van der Waals surface area contributed by atoms with Gasteiger partial charge in [0.15, 0.2) is 11.6 Å². The van der Waals surface area contributed by atoms with Crippen LogP contribution in [0.25, 0.3) is 0 Å². The van der Waals surface area contributed by atoms with Crippen molar-refractivity contribution in [1.82, 2.24) is 35.6 Å². The molecule has 1 aromatic carbocycles. The van der Waals surface area contributed by atoms with Crippen molar-refractivity contribution >= 4 is 113 Å². The Bertz CT molecular complexity index is 2990. The fraction of sp³-hybridized carbons (Fsp3) is 0.816. The second-order valence-corrected chi connectivity index (χ2v) is 31.8. The number of nitrogens with one attached hydrogen (secondary N) is 3. The van der Waals surface area contributed by atoms with Crippen LogP contribution in [-0.4, -0.2) is 480 Å². The summed E-state index contributed by atoms with van der Waals surface area (Å²) in [5, 5.41) is 177. The fourth-order valence-corrected chi connectivity index (χ4v) is 9.92. The van der Waals surface area contributed by atoms with Crippen LogP contribution in [0.5, 0.6) is 0 Å². The van der Waals surface area contributed by atoms with Crippen LogP contribution >= 0.6 is 54.0 Å². The Kier molecular flexibility index (Phi) is 125. The Balaban J connectivity index is -0.000000121. The lowest BCUT2D eigenvalue weighted by Crippen LogP contribution is -2.53. The topological polar surface area (TPSA) is 838 Å². The van der Waals surface area contributed by atoms with Gasteiger partial charge in [-0.25, -0.2) is 0 Å². The van der Waals surface area contributed by atoms with Crippen molar-refractivity contribution in [2.45, 2.75) is 268 Å². The molecule has 1 aliphatic heterocycles. The number of ether oxygens (including phenoxy) is 5. The molecule has 0 unspecified atom stereocenters. The number of benzene rings is 1. The van der Waals surface area contributed by atoms with Crippen LogP contribution in [0, 0.1) is 0 Å². The highest BCUT2D eigenvalue weighted by Gasteiger charge is 2.35. The molecule has 0 bridgehead atoms. The zero-order valence-corrected chi connectivity index (χ0v) is 89.1. The van der Waals surface area contributed by atoms with Crippen LogP contribution < -0.4 is 61.8 Å². The van der Waals surface area contributed by atoms with Gasteiger partial charge in [0.1, 0.15) is 104 Å². The highest BCUT2D eigenvalue weighted by Crippen LogP contribution is 2.13. The minimum Gasteiger partial charge on any atom is -0.481 e. The summed E-state index contributed by atoms with van der Waals surface area (Å²) in [6, 6.07) is 5.27. The van der Waals surface area contributed by atoms with Gasteiger partial charge >= 0.3 is 11.9 Å². The fourth-order valence-electron chi connectivity index (χ4n) is 9.92. The van der Waals surface area contributed by atoms with Crippen molar-refractivity contribution in [1.29, 1.82) is 0 Å². The molecule has 0 spiro atoms. The number of carboxylic acids is 2. The van der Waals surface area contributed by atoms with E-state index >= 15 is 0 Å². The second-order valence-electron chi connectivity index (χ2n) is 31.8. The summed E-state index contributed by atoms with van der Waals surface area (Å²) >= 11 is 0. The van der Waals surface area contributed by atoms with Crippen molar-refractivity contribution in [2.24, 2.45) is 45.9 Å². The summed E-state index contributed by atoms with van der Waals surface area (Å²) in [5.41, 5.74) is 43.7. The second kappa shape index (κ2) is 107. The molecule has 139 heavy (non-hydrogen) atoms. The van der Waals surface area contributed by atoms with Gasteiger partial charge in [0.05, 0.1) is 76.1 Å². The van der Waals surface area contributed by atoms with Gasteiger partial charge in [-0.15, -0.1) is 0 Å². The zero-order chi connectivity index (χ0) is 106. The SMILES string of the molecule is CCCC(=O)O.CCCC(C)=O.CCC[C@H](N)C(=O)CO.CCC[C@H](N)C(=O)O.CC[C@@H](C)N.CC[C@H](N)C(N)=O.COCC(=O)Cc1ccc(CCN(C)C)cc1.COCC(=O)N1CCN(C)CC1.COC[C@@H](N)C(C)=O.COC[C@H](NCCCN(C[C@H](O)[C@@H](O)[C@H](O)[C@H](O)CO)C[C@H](O)[C@@H](O)[C@H](O)[C@H](O)CO)C(N)=O.COC[C@H](NCCCNC[C@H](O)[C@@H](O)[C@H](O)[C@H](O)CO)C(N)=O.S.S.S.S. The lowest BCUT2D eigenvalue weighted by Gasteiger charge is -2.33. The van der Waals surface area contributed by atoms with E-state index in [4.69, 9.17) is 95.5 Å². The Labute approximate surface area is 851 Å². The maximum atomic E-state index is 11.4. The number of Topliss-reactive ketones (excluding diaryl/α,β-unsaturated/α-hetero) is 4. The van der Waals surface area contributed by atoms with E-state index in [2.05, 4.69) is 70.7 Å². The highest BCUT2D eigenvalue weighted by molar-refractivity contribution is 7.59. The van der Waals surface area contributed by atoms with Gasteiger partial charge in [0, 0.05) is 113 Å². The third kappa shape index (κ3) is 99.9. The molecule has 0 saturated carbocycles. The summed E-state index contributed by atoms with van der Waals surface area (Å²) in [4.78, 5) is 113. The molecule has 52 heteroatoms. The molecule has 19 atom stereocenters. The van der Waals surface area contributed by atoms with Crippen LogP contribution in [0.3, 0.4) is 0 Å². The lowest BCUT2D eigenvalue weighted by molar-refractivity contribution is -0.139. The quantitative estimate of drug-likeness (QED) is 0.0269. The van der Waals surface area contributed by atoms with E-state index in [1.807, 2.05) is 58.6 Å². The van der Waals surface area contributed by atoms with Gasteiger partial charge in [-0.05, 0) is 137 Å². The number of primary amides is 3. The number of hydrogen-bond donors (Lipinski definition) is 29. The first-order chi connectivity index (χ1) is 63.2. The molecule has 1 heterocycles. The minimum absolute atomic E-state index is 0. The molecule has 48 nitrogen and oxygen atoms in total. The van der Waals surface area contributed by atoms with Crippen LogP contribution in [0.1, 0.15) is 150 Å². The summed E-state index contributed by atoms with van der Waals surface area (Å²) in [5.74, 6) is -2.98. The van der Waals surface area contributed by atoms with E-state index in [-0.39, 0.29) is 142 Å². The number of methoxy groups -OCH3 is 5. The van der Waals surface area contributed by atoms with Crippen LogP contribution in [-0.2, 0) is 84.5 Å². The smallest absolute Gasteiger partial charge is 0.320 e. The maximum absolute atomic E-state index is 11.4. The summed E-state index contributed by atoms with van der Waals surface area (Å²) in [6.07, 6.45) is -10.4. The highest BCUT2D eigenvalue weighted by atomic mass is 32.1. The van der Waals surface area contributed by atoms with E-state index in [9.17, 15) is 109 Å². The molecule has 1 aliphatic rings. The molecule has 1 aromatic rings. The van der Waals surface area contributed by atoms with Gasteiger partial charge in [-0.2, -0.15) is 54.0 Å². The van der Waals surface area contributed by atoms with Crippen molar-refractivity contribution in [2.75, 3.05) is 195 Å². The first-order valence-electron chi connectivity index (χ1n) is 45.0. The number of carboxylic acid groups (broad SMARTS) is 2. The number of carbonyl (C=O) groups excluding carboxylic acids is 8. The molecule has 37 N–H and O–H groups in total. The number of hydrogen-bond acceptors (Lipinski definition) is 42. The molecule has 0 radical (unpaired) electrons. The number of piperazine rings is 1. The lowest BCUT2D eigenvalue weighted by atomic mass is 10.0. The minimum atomic E-state index is -1.87. The molecule has 0 aliphatic carbocycles. The maximum Gasteiger partial charge on any atom is 0.320 e. The van der Waals surface area contributed by atoms with Crippen LogP contribution in [0.4, 0.5) is 0 Å². The van der Waals surface area contributed by atoms with Crippen LogP contribution in [0.15, 0.2) is 24.3 Å². The number of aliphatic hydroxyl groups excluding tert-OH is 16. The number of aliphatic carboxylic acids is 2. The van der Waals surface area contributed by atoms with Gasteiger partial charge in [0.25, 0.3) is 0 Å². The molecule has 1 saturated heterocycles. The third-order valence-corrected chi connectivity index (χ3v) is 18.7. The molecule has 834 valence electrons. The number of likely N-dealkylation sites (N-methyl/N-ethyl adjacent to an activating group) is 2. The number of nitrogens with two attached hydrogens (primary N) is 8. The van der Waals surface area contributed by atoms with E-state index in [0.29, 0.717) is 70.7 Å². The van der Waals surface area contributed by atoms with E-state index < -0.39 is 166 Å². The van der Waals surface area contributed by atoms with E-state index in [0.717, 1.165) is 83.2 Å². The standard InChI is InChI=1S/C19H41N3O12.C14H21NO2.C13H29N3O7.C8H16N2O2.C6H13NO2.2C5H11NO2.C5H10O.C4H10N2O.C4H11N.C4H8O2.4H2S/c1-34-9-10(19(20)33)21-3-2-4-22(5-11(25)15(29)17(31)13(27)7-23)6-12(26)16(30)18(32)14(28)8-24;1-15(2)9-8-12-4-6-13(7-5-12)10-14(16)11-17-3;1-23-7-8(13(14)22)16-4-2-3-15-5-9(18)11(20)12(21)10(19)6-17;1-9-3-5-10(6-4-9)8(11)7-12-2;1-2-3-5(7)6(9)4-8;1-4(7)5(6)3-8-2;1-2-3-4(6)5(7)8;1-3-4-5(2)6;1-2-3(5)4(6)7;1-3-4(2)5;1-2-3-4(5)6;;;;/h10-18,21,23-32H,2-9H2,1H3,(H2,20,33);4-7H,8-11H2,1-3H3;8-12,15-21H,2-7H2,1H3,(H2,14,22);3-7H2,1-2H3;5,8H,2-4,7H2,1H3;5H,3,6H2,1-2H3;4H,2-3,6H2,1H3,(H,7,8);3-4H2,1-2H3;3H,2,5H2,1H3,(H2,6,7);4H,3,5H2,1-2H3;2-3H2,1H3,(H,5,6);4*1H2/t10-,11-,12-,13+,14+,15+,16+,17+,18+;;8-,9-,10+,11+,12+;;2*5-;4-;;3-;4-;;;;;/m0.0.010.01...../s1. The third-order valence-electron chi connectivity index (χ3n) is 18.7. The Morgan fingerprint density at radius 1 is 0.468 bits per heavy atom. The van der Waals surface area contributed by atoms with Crippen LogP contribution in [0.2, 0.25) is 0 Å². The number of aliphatic hydroxyl groups is 16. The van der Waals surface area contributed by atoms with E-state index in [1.54, 1.807) is 21.1 Å². The Morgan fingerprint density at radius 2 is 0.856 bits per heavy atom. The van der Waals surface area contributed by atoms with E-state index in [1.165, 1.54) is 38.7 Å². The van der Waals surface area contributed by atoms with Crippen molar-refractivity contribution in [3.8, 4) is 0 Å². The van der Waals surface area contributed by atoms with Gasteiger partial charge < -0.3 is 197 Å². The molecular formula is C87H189N15O33S4. The Hall–Kier alpha value is -5.16. The predicted molar refractivity (Wildman–Crippen MR) is 550 cm³/mol. The summed E-state index contributed by atoms with van der Waals surface area (Å²) in [7, 11) is 13.7. The zero-order valence-electron chi connectivity index (χ0n) is 85.1. The molecular weight excluding hydrogens is 1910 g/mol. The molecule has 0 aromatic heterocycles. The van der Waals surface area contributed by atoms with Gasteiger partial charge in [-0.3, -0.25) is 48.1 Å².